The Bertz CT molecular complexity index is 1070. The molecule has 1 aliphatic carbocycles. The Morgan fingerprint density at radius 3 is 2.19 bits per heavy atom. The van der Waals surface area contributed by atoms with Crippen LogP contribution in [0.2, 0.25) is 0 Å². The van der Waals surface area contributed by atoms with E-state index in [4.69, 9.17) is 9.47 Å². The summed E-state index contributed by atoms with van der Waals surface area (Å²) in [4.78, 5) is 23.9. The summed E-state index contributed by atoms with van der Waals surface area (Å²) in [7, 11) is 3.22. The zero-order valence-corrected chi connectivity index (χ0v) is 20.4. The third-order valence-corrected chi connectivity index (χ3v) is 8.22. The average molecular weight is 454 g/mol. The molecule has 1 aliphatic heterocycles. The second-order valence-electron chi connectivity index (χ2n) is 10.1. The predicted molar refractivity (Wildman–Crippen MR) is 127 cm³/mol. The number of hydrogen-bond acceptors (Lipinski definition) is 5. The summed E-state index contributed by atoms with van der Waals surface area (Å²) in [6.45, 7) is 9.12. The van der Waals surface area contributed by atoms with E-state index in [0.717, 1.165) is 35.7 Å². The minimum Gasteiger partial charge on any atom is -0.497 e. The minimum absolute atomic E-state index is 0.0249. The lowest BCUT2D eigenvalue weighted by atomic mass is 9.63. The SMILES string of the molecule is COc1ccc(CC2(c3ccc4c(c3)C(C)(C)CCC4(C)C)NC(=O)C(=O)S2)c(OC)c1. The molecule has 0 aromatic heterocycles. The molecule has 1 atom stereocenters. The highest BCUT2D eigenvalue weighted by Gasteiger charge is 2.48. The summed E-state index contributed by atoms with van der Waals surface area (Å²) < 4.78 is 10.9. The molecule has 0 bridgehead atoms. The number of ether oxygens (including phenoxy) is 2. The van der Waals surface area contributed by atoms with Gasteiger partial charge in [0.1, 0.15) is 16.4 Å². The van der Waals surface area contributed by atoms with Crippen LogP contribution in [-0.2, 0) is 31.7 Å². The molecule has 5 nitrogen and oxygen atoms in total. The van der Waals surface area contributed by atoms with Crippen LogP contribution in [0.3, 0.4) is 0 Å². The topological polar surface area (TPSA) is 64.6 Å². The molecular weight excluding hydrogens is 422 g/mol. The van der Waals surface area contributed by atoms with Crippen molar-refractivity contribution in [3.05, 3.63) is 58.7 Å². The van der Waals surface area contributed by atoms with Crippen LogP contribution in [0.1, 0.15) is 62.8 Å². The first-order valence-corrected chi connectivity index (χ1v) is 11.7. The van der Waals surface area contributed by atoms with Gasteiger partial charge in [-0.2, -0.15) is 0 Å². The molecule has 4 rings (SSSR count). The highest BCUT2D eigenvalue weighted by molar-refractivity contribution is 8.16. The molecule has 2 aromatic carbocycles. The van der Waals surface area contributed by atoms with E-state index in [1.54, 1.807) is 14.2 Å². The number of methoxy groups -OCH3 is 2. The fourth-order valence-corrected chi connectivity index (χ4v) is 5.96. The van der Waals surface area contributed by atoms with E-state index >= 15 is 0 Å². The standard InChI is InChI=1S/C26H31NO4S/c1-24(2)11-12-25(3,4)20-13-17(8-10-19(20)24)26(27-22(28)23(29)32-26)15-16-7-9-18(30-5)14-21(16)31-6/h7-10,13-14H,11-12,15H2,1-6H3,(H,27,28). The number of rotatable bonds is 5. The lowest BCUT2D eigenvalue weighted by Crippen LogP contribution is -2.40. The zero-order valence-electron chi connectivity index (χ0n) is 19.6. The number of benzene rings is 2. The molecule has 6 heteroatoms. The molecular formula is C26H31NO4S. The van der Waals surface area contributed by atoms with Crippen molar-refractivity contribution in [3.8, 4) is 11.5 Å². The van der Waals surface area contributed by atoms with E-state index in [9.17, 15) is 9.59 Å². The van der Waals surface area contributed by atoms with Crippen LogP contribution in [-0.4, -0.2) is 25.2 Å². The first-order valence-electron chi connectivity index (χ1n) is 10.9. The maximum Gasteiger partial charge on any atom is 0.300 e. The van der Waals surface area contributed by atoms with Gasteiger partial charge in [-0.1, -0.05) is 52.0 Å². The summed E-state index contributed by atoms with van der Waals surface area (Å²) in [5.41, 5.74) is 4.59. The van der Waals surface area contributed by atoms with Gasteiger partial charge >= 0.3 is 0 Å². The van der Waals surface area contributed by atoms with Crippen LogP contribution in [0, 0.1) is 0 Å². The van der Waals surface area contributed by atoms with E-state index in [2.05, 4.69) is 51.2 Å². The van der Waals surface area contributed by atoms with Gasteiger partial charge in [0.15, 0.2) is 0 Å². The summed E-state index contributed by atoms with van der Waals surface area (Å²) in [5, 5.41) is 2.54. The van der Waals surface area contributed by atoms with Crippen LogP contribution in [0.25, 0.3) is 0 Å². The van der Waals surface area contributed by atoms with E-state index in [0.29, 0.717) is 17.9 Å². The Morgan fingerprint density at radius 2 is 1.59 bits per heavy atom. The van der Waals surface area contributed by atoms with Crippen LogP contribution < -0.4 is 14.8 Å². The fraction of sp³-hybridized carbons (Fsp3) is 0.462. The maximum atomic E-state index is 12.4. The molecule has 1 N–H and O–H groups in total. The summed E-state index contributed by atoms with van der Waals surface area (Å²) in [6.07, 6.45) is 2.64. The first-order chi connectivity index (χ1) is 15.0. The van der Waals surface area contributed by atoms with Crippen molar-refractivity contribution in [1.82, 2.24) is 5.32 Å². The van der Waals surface area contributed by atoms with E-state index in [-0.39, 0.29) is 10.8 Å². The lowest BCUT2D eigenvalue weighted by Gasteiger charge is -2.43. The maximum absolute atomic E-state index is 12.4. The van der Waals surface area contributed by atoms with Gasteiger partial charge in [-0.15, -0.1) is 0 Å². The molecule has 170 valence electrons. The molecule has 0 saturated carbocycles. The smallest absolute Gasteiger partial charge is 0.300 e. The first kappa shape index (κ1) is 22.7. The number of carbonyl (C=O) groups excluding carboxylic acids is 2. The Kier molecular flexibility index (Phi) is 5.56. The van der Waals surface area contributed by atoms with Gasteiger partial charge in [-0.25, -0.2) is 0 Å². The Balaban J connectivity index is 1.84. The Hall–Kier alpha value is -2.47. The molecule has 32 heavy (non-hydrogen) atoms. The number of thioether (sulfide) groups is 1. The Labute approximate surface area is 194 Å². The van der Waals surface area contributed by atoms with Crippen LogP contribution in [0.15, 0.2) is 36.4 Å². The second-order valence-corrected chi connectivity index (χ2v) is 11.3. The molecule has 1 fully saturated rings. The number of nitrogens with one attached hydrogen (secondary N) is 1. The Morgan fingerprint density at radius 1 is 0.906 bits per heavy atom. The van der Waals surface area contributed by atoms with Gasteiger partial charge in [0.2, 0.25) is 0 Å². The van der Waals surface area contributed by atoms with E-state index in [1.165, 1.54) is 11.1 Å². The molecule has 2 aromatic rings. The van der Waals surface area contributed by atoms with Crippen molar-refractivity contribution in [3.63, 3.8) is 0 Å². The normalized spacial score (nSPS) is 23.4. The predicted octanol–water partition coefficient (Wildman–Crippen LogP) is 4.84. The number of fused-ring (bicyclic) bond motifs is 1. The summed E-state index contributed by atoms with van der Waals surface area (Å²) >= 11 is 1.06. The van der Waals surface area contributed by atoms with Crippen molar-refractivity contribution in [2.45, 2.75) is 62.7 Å². The van der Waals surface area contributed by atoms with E-state index < -0.39 is 15.9 Å². The average Bonchev–Trinajstić information content (AvgIpc) is 3.05. The van der Waals surface area contributed by atoms with Gasteiger partial charge < -0.3 is 14.8 Å². The second kappa shape index (κ2) is 7.84. The molecule has 0 radical (unpaired) electrons. The van der Waals surface area contributed by atoms with Crippen LogP contribution in [0.4, 0.5) is 0 Å². The van der Waals surface area contributed by atoms with Crippen molar-refractivity contribution in [2.24, 2.45) is 0 Å². The van der Waals surface area contributed by atoms with Gasteiger partial charge in [-0.05, 0) is 63.8 Å². The monoisotopic (exact) mass is 453 g/mol. The highest BCUT2D eigenvalue weighted by atomic mass is 32.2. The van der Waals surface area contributed by atoms with Gasteiger partial charge in [0.25, 0.3) is 11.0 Å². The largest absolute Gasteiger partial charge is 0.497 e. The molecule has 0 spiro atoms. The molecule has 1 amide bonds. The van der Waals surface area contributed by atoms with Crippen LogP contribution >= 0.6 is 11.8 Å². The van der Waals surface area contributed by atoms with Crippen molar-refractivity contribution in [2.75, 3.05) is 14.2 Å². The number of carbonyl (C=O) groups is 2. The molecule has 1 saturated heterocycles. The lowest BCUT2D eigenvalue weighted by molar-refractivity contribution is -0.132. The zero-order chi connectivity index (χ0) is 23.3. The van der Waals surface area contributed by atoms with Crippen molar-refractivity contribution < 1.29 is 19.1 Å². The van der Waals surface area contributed by atoms with E-state index in [1.807, 2.05) is 18.2 Å². The quantitative estimate of drug-likeness (QED) is 0.657. The summed E-state index contributed by atoms with van der Waals surface area (Å²) in [5.74, 6) is 0.800. The minimum atomic E-state index is -0.886. The number of amides is 1. The highest BCUT2D eigenvalue weighted by Crippen LogP contribution is 2.49. The van der Waals surface area contributed by atoms with Gasteiger partial charge in [0.05, 0.1) is 14.2 Å². The third-order valence-electron chi connectivity index (χ3n) is 7.02. The molecule has 1 unspecified atom stereocenters. The van der Waals surface area contributed by atoms with Crippen molar-refractivity contribution in [1.29, 1.82) is 0 Å². The number of hydrogen-bond donors (Lipinski definition) is 1. The van der Waals surface area contributed by atoms with Gasteiger partial charge in [0, 0.05) is 12.5 Å². The summed E-state index contributed by atoms with van der Waals surface area (Å²) in [6, 6.07) is 12.1. The molecule has 2 aliphatic rings. The third kappa shape index (κ3) is 3.79. The van der Waals surface area contributed by atoms with Crippen molar-refractivity contribution >= 4 is 22.8 Å². The fourth-order valence-electron chi connectivity index (χ4n) is 4.88. The van der Waals surface area contributed by atoms with Crippen LogP contribution in [0.5, 0.6) is 11.5 Å². The molecule has 1 heterocycles. The van der Waals surface area contributed by atoms with Gasteiger partial charge in [-0.3, -0.25) is 9.59 Å².